The van der Waals surface area contributed by atoms with Crippen molar-refractivity contribution in [2.24, 2.45) is 0 Å². The Labute approximate surface area is 79.1 Å². The Bertz CT molecular complexity index is 180. The summed E-state index contributed by atoms with van der Waals surface area (Å²) in [7, 11) is 0. The topological polar surface area (TPSA) is 43.8 Å². The molecule has 0 saturated carbocycles. The number of hydrogen-bond acceptors (Lipinski definition) is 2. The Morgan fingerprint density at radius 3 is 2.54 bits per heavy atom. The third-order valence-corrected chi connectivity index (χ3v) is 2.47. The molecular formula is C9H18N2O2. The fourth-order valence-electron chi connectivity index (χ4n) is 1.61. The van der Waals surface area contributed by atoms with E-state index in [4.69, 9.17) is 0 Å². The molecule has 4 heteroatoms. The maximum absolute atomic E-state index is 11.7. The number of hydrogen-bond donors (Lipinski definition) is 1. The molecule has 1 N–H and O–H groups in total. The molecule has 0 aromatic heterocycles. The Kier molecular flexibility index (Phi) is 3.54. The van der Waals surface area contributed by atoms with Crippen LogP contribution in [0.4, 0.5) is 4.79 Å². The van der Waals surface area contributed by atoms with Crippen LogP contribution in [0.1, 0.15) is 20.3 Å². The number of nitrogens with zero attached hydrogens (tertiary/aromatic N) is 2. The minimum absolute atomic E-state index is 0.0570. The average molecular weight is 186 g/mol. The standard InChI is InChI=1S/C9H18N2O2/c1-3-10(4-2)9(13)11-6-5-8(12)7-11/h8,12H,3-7H2,1-2H3/t8-/m0/s1. The maximum atomic E-state index is 11.7. The smallest absolute Gasteiger partial charge is 0.320 e. The lowest BCUT2D eigenvalue weighted by Gasteiger charge is -2.25. The van der Waals surface area contributed by atoms with Crippen molar-refractivity contribution >= 4 is 6.03 Å². The van der Waals surface area contributed by atoms with Gasteiger partial charge in [-0.3, -0.25) is 0 Å². The highest BCUT2D eigenvalue weighted by molar-refractivity contribution is 5.74. The predicted molar refractivity (Wildman–Crippen MR) is 50.5 cm³/mol. The highest BCUT2D eigenvalue weighted by Crippen LogP contribution is 2.11. The van der Waals surface area contributed by atoms with Crippen LogP contribution in [0.5, 0.6) is 0 Å². The van der Waals surface area contributed by atoms with Gasteiger partial charge in [-0.1, -0.05) is 0 Å². The SMILES string of the molecule is CCN(CC)C(=O)N1CC[C@H](O)C1. The van der Waals surface area contributed by atoms with Gasteiger partial charge in [-0.05, 0) is 20.3 Å². The largest absolute Gasteiger partial charge is 0.391 e. The van der Waals surface area contributed by atoms with Crippen LogP contribution >= 0.6 is 0 Å². The van der Waals surface area contributed by atoms with E-state index in [1.54, 1.807) is 9.80 Å². The lowest BCUT2D eigenvalue weighted by molar-refractivity contribution is 0.149. The van der Waals surface area contributed by atoms with Gasteiger partial charge >= 0.3 is 6.03 Å². The number of urea groups is 1. The van der Waals surface area contributed by atoms with Gasteiger partial charge in [0.15, 0.2) is 0 Å². The number of aliphatic hydroxyl groups is 1. The van der Waals surface area contributed by atoms with Gasteiger partial charge in [0.05, 0.1) is 6.10 Å². The lowest BCUT2D eigenvalue weighted by atomic mass is 10.3. The highest BCUT2D eigenvalue weighted by atomic mass is 16.3. The van der Waals surface area contributed by atoms with Crippen LogP contribution in [0, 0.1) is 0 Å². The molecule has 0 spiro atoms. The summed E-state index contributed by atoms with van der Waals surface area (Å²) < 4.78 is 0. The molecule has 0 radical (unpaired) electrons. The maximum Gasteiger partial charge on any atom is 0.320 e. The Morgan fingerprint density at radius 2 is 2.15 bits per heavy atom. The Morgan fingerprint density at radius 1 is 1.54 bits per heavy atom. The summed E-state index contributed by atoms with van der Waals surface area (Å²) in [5.74, 6) is 0. The van der Waals surface area contributed by atoms with Crippen LogP contribution in [0.3, 0.4) is 0 Å². The molecule has 1 aliphatic heterocycles. The molecule has 13 heavy (non-hydrogen) atoms. The molecule has 0 unspecified atom stereocenters. The molecule has 0 aliphatic carbocycles. The van der Waals surface area contributed by atoms with E-state index in [1.165, 1.54) is 0 Å². The van der Waals surface area contributed by atoms with E-state index in [9.17, 15) is 9.90 Å². The first-order valence-electron chi connectivity index (χ1n) is 4.91. The molecule has 76 valence electrons. The number of amides is 2. The fourth-order valence-corrected chi connectivity index (χ4v) is 1.61. The second-order valence-corrected chi connectivity index (χ2v) is 3.34. The summed E-state index contributed by atoms with van der Waals surface area (Å²) in [6.07, 6.45) is 0.395. The molecule has 1 fully saturated rings. The first kappa shape index (κ1) is 10.3. The zero-order chi connectivity index (χ0) is 9.84. The van der Waals surface area contributed by atoms with E-state index in [0.29, 0.717) is 19.5 Å². The van der Waals surface area contributed by atoms with Crippen molar-refractivity contribution in [3.63, 3.8) is 0 Å². The first-order chi connectivity index (χ1) is 6.19. The quantitative estimate of drug-likeness (QED) is 0.683. The molecule has 0 aromatic rings. The summed E-state index contributed by atoms with van der Waals surface area (Å²) in [6.45, 7) is 6.59. The number of carbonyl (C=O) groups is 1. The van der Waals surface area contributed by atoms with Crippen molar-refractivity contribution in [2.75, 3.05) is 26.2 Å². The Hall–Kier alpha value is -0.770. The molecule has 1 heterocycles. The minimum Gasteiger partial charge on any atom is -0.391 e. The van der Waals surface area contributed by atoms with E-state index >= 15 is 0 Å². The number of aliphatic hydroxyl groups excluding tert-OH is 1. The zero-order valence-corrected chi connectivity index (χ0v) is 8.36. The number of likely N-dealkylation sites (tertiary alicyclic amines) is 1. The van der Waals surface area contributed by atoms with Gasteiger partial charge in [-0.2, -0.15) is 0 Å². The van der Waals surface area contributed by atoms with Crippen molar-refractivity contribution in [3.8, 4) is 0 Å². The fraction of sp³-hybridized carbons (Fsp3) is 0.889. The van der Waals surface area contributed by atoms with Crippen LogP contribution < -0.4 is 0 Å². The zero-order valence-electron chi connectivity index (χ0n) is 8.36. The van der Waals surface area contributed by atoms with Gasteiger partial charge < -0.3 is 14.9 Å². The van der Waals surface area contributed by atoms with Gasteiger partial charge in [0.25, 0.3) is 0 Å². The normalized spacial score (nSPS) is 22.1. The molecule has 2 amide bonds. The predicted octanol–water partition coefficient (Wildman–Crippen LogP) is 0.515. The molecule has 1 saturated heterocycles. The molecular weight excluding hydrogens is 168 g/mol. The number of β-amino-alcohol motifs (C(OH)–C–C–N with tert-alkyl or cyclic N) is 1. The van der Waals surface area contributed by atoms with E-state index in [1.807, 2.05) is 13.8 Å². The third kappa shape index (κ3) is 2.34. The van der Waals surface area contributed by atoms with Gasteiger partial charge in [-0.15, -0.1) is 0 Å². The van der Waals surface area contributed by atoms with Crippen LogP contribution in [0.2, 0.25) is 0 Å². The van der Waals surface area contributed by atoms with E-state index < -0.39 is 0 Å². The van der Waals surface area contributed by atoms with Gasteiger partial charge in [0, 0.05) is 26.2 Å². The van der Waals surface area contributed by atoms with Crippen LogP contribution in [0.15, 0.2) is 0 Å². The van der Waals surface area contributed by atoms with Crippen molar-refractivity contribution in [1.29, 1.82) is 0 Å². The van der Waals surface area contributed by atoms with Crippen molar-refractivity contribution < 1.29 is 9.90 Å². The molecule has 1 aliphatic rings. The Balaban J connectivity index is 2.47. The van der Waals surface area contributed by atoms with Gasteiger partial charge in [0.2, 0.25) is 0 Å². The molecule has 1 atom stereocenters. The van der Waals surface area contributed by atoms with E-state index in [-0.39, 0.29) is 12.1 Å². The third-order valence-electron chi connectivity index (χ3n) is 2.47. The average Bonchev–Trinajstić information content (AvgIpc) is 2.54. The van der Waals surface area contributed by atoms with Gasteiger partial charge in [-0.25, -0.2) is 4.79 Å². The number of carbonyl (C=O) groups excluding carboxylic acids is 1. The monoisotopic (exact) mass is 186 g/mol. The summed E-state index contributed by atoms with van der Waals surface area (Å²) in [5.41, 5.74) is 0. The van der Waals surface area contributed by atoms with Crippen LogP contribution in [0.25, 0.3) is 0 Å². The van der Waals surface area contributed by atoms with Crippen LogP contribution in [-0.2, 0) is 0 Å². The highest BCUT2D eigenvalue weighted by Gasteiger charge is 2.26. The summed E-state index contributed by atoms with van der Waals surface area (Å²) in [6, 6.07) is 0.0570. The first-order valence-corrected chi connectivity index (χ1v) is 4.91. The van der Waals surface area contributed by atoms with Crippen molar-refractivity contribution in [2.45, 2.75) is 26.4 Å². The number of rotatable bonds is 2. The molecule has 4 nitrogen and oxygen atoms in total. The molecule has 0 bridgehead atoms. The van der Waals surface area contributed by atoms with Crippen molar-refractivity contribution in [1.82, 2.24) is 9.80 Å². The van der Waals surface area contributed by atoms with Crippen molar-refractivity contribution in [3.05, 3.63) is 0 Å². The minimum atomic E-state index is -0.320. The second kappa shape index (κ2) is 4.46. The lowest BCUT2D eigenvalue weighted by Crippen LogP contribution is -2.42. The summed E-state index contributed by atoms with van der Waals surface area (Å²) in [4.78, 5) is 15.2. The van der Waals surface area contributed by atoms with Gasteiger partial charge in [0.1, 0.15) is 0 Å². The second-order valence-electron chi connectivity index (χ2n) is 3.34. The summed E-state index contributed by atoms with van der Waals surface area (Å²) in [5, 5.41) is 9.26. The summed E-state index contributed by atoms with van der Waals surface area (Å²) >= 11 is 0. The molecule has 1 rings (SSSR count). The molecule has 0 aromatic carbocycles. The van der Waals surface area contributed by atoms with E-state index in [2.05, 4.69) is 0 Å². The van der Waals surface area contributed by atoms with E-state index in [0.717, 1.165) is 13.1 Å². The van der Waals surface area contributed by atoms with Crippen LogP contribution in [-0.4, -0.2) is 53.2 Å².